The lowest BCUT2D eigenvalue weighted by Crippen LogP contribution is -2.03. The van der Waals surface area contributed by atoms with Crippen LogP contribution in [0.25, 0.3) is 0 Å². The Morgan fingerprint density at radius 3 is 2.68 bits per heavy atom. The van der Waals surface area contributed by atoms with E-state index in [9.17, 15) is 4.79 Å². The SMILES string of the molecule is N#Cc1ccc(Cl)c(Nc2ccc(C(=O)O)nn2)c1. The molecule has 0 aliphatic rings. The second-order valence-electron chi connectivity index (χ2n) is 3.54. The Hall–Kier alpha value is -2.65. The normalized spacial score (nSPS) is 9.68. The van der Waals surface area contributed by atoms with Crippen LogP contribution in [0.4, 0.5) is 11.5 Å². The van der Waals surface area contributed by atoms with Gasteiger partial charge in [0.25, 0.3) is 0 Å². The first-order valence-corrected chi connectivity index (χ1v) is 5.51. The molecular formula is C12H7ClN4O2. The third-order valence-corrected chi connectivity index (χ3v) is 2.57. The molecule has 0 bridgehead atoms. The number of hydrogen-bond acceptors (Lipinski definition) is 5. The Morgan fingerprint density at radius 1 is 1.32 bits per heavy atom. The largest absolute Gasteiger partial charge is 0.476 e. The summed E-state index contributed by atoms with van der Waals surface area (Å²) in [4.78, 5) is 10.6. The molecule has 0 saturated heterocycles. The van der Waals surface area contributed by atoms with Crippen molar-refractivity contribution in [3.05, 3.63) is 46.6 Å². The van der Waals surface area contributed by atoms with Crippen LogP contribution in [0.2, 0.25) is 5.02 Å². The zero-order chi connectivity index (χ0) is 13.8. The van der Waals surface area contributed by atoms with Gasteiger partial charge in [0.15, 0.2) is 11.5 Å². The lowest BCUT2D eigenvalue weighted by Gasteiger charge is -2.07. The fourth-order valence-corrected chi connectivity index (χ4v) is 1.51. The van der Waals surface area contributed by atoms with Gasteiger partial charge in [0, 0.05) is 0 Å². The van der Waals surface area contributed by atoms with Crippen molar-refractivity contribution in [2.75, 3.05) is 5.32 Å². The third kappa shape index (κ3) is 2.97. The van der Waals surface area contributed by atoms with Crippen LogP contribution in [0.15, 0.2) is 30.3 Å². The Labute approximate surface area is 113 Å². The van der Waals surface area contributed by atoms with Crippen LogP contribution in [-0.2, 0) is 0 Å². The zero-order valence-corrected chi connectivity index (χ0v) is 10.2. The second-order valence-corrected chi connectivity index (χ2v) is 3.95. The molecule has 7 heteroatoms. The van der Waals surface area contributed by atoms with Crippen molar-refractivity contribution in [2.45, 2.75) is 0 Å². The molecule has 94 valence electrons. The van der Waals surface area contributed by atoms with Crippen LogP contribution in [0.3, 0.4) is 0 Å². The summed E-state index contributed by atoms with van der Waals surface area (Å²) < 4.78 is 0. The lowest BCUT2D eigenvalue weighted by molar-refractivity contribution is 0.0689. The maximum absolute atomic E-state index is 10.6. The molecule has 0 unspecified atom stereocenters. The van der Waals surface area contributed by atoms with E-state index in [-0.39, 0.29) is 5.69 Å². The summed E-state index contributed by atoms with van der Waals surface area (Å²) in [6.45, 7) is 0. The fourth-order valence-electron chi connectivity index (χ4n) is 1.34. The van der Waals surface area contributed by atoms with Gasteiger partial charge in [0.1, 0.15) is 0 Å². The molecule has 0 saturated carbocycles. The lowest BCUT2D eigenvalue weighted by atomic mass is 10.2. The van der Waals surface area contributed by atoms with Gasteiger partial charge in [-0.15, -0.1) is 10.2 Å². The molecule has 0 atom stereocenters. The molecular weight excluding hydrogens is 268 g/mol. The summed E-state index contributed by atoms with van der Waals surface area (Å²) in [6.07, 6.45) is 0. The van der Waals surface area contributed by atoms with Crippen molar-refractivity contribution in [3.8, 4) is 6.07 Å². The third-order valence-electron chi connectivity index (χ3n) is 2.24. The van der Waals surface area contributed by atoms with Gasteiger partial charge >= 0.3 is 5.97 Å². The van der Waals surface area contributed by atoms with E-state index in [4.69, 9.17) is 22.0 Å². The van der Waals surface area contributed by atoms with E-state index in [1.807, 2.05) is 6.07 Å². The number of nitrogens with zero attached hydrogens (tertiary/aromatic N) is 3. The highest BCUT2D eigenvalue weighted by Gasteiger charge is 2.07. The van der Waals surface area contributed by atoms with Crippen LogP contribution < -0.4 is 5.32 Å². The number of nitrogens with one attached hydrogen (secondary N) is 1. The number of anilines is 2. The summed E-state index contributed by atoms with van der Waals surface area (Å²) >= 11 is 5.97. The quantitative estimate of drug-likeness (QED) is 0.892. The van der Waals surface area contributed by atoms with E-state index in [0.29, 0.717) is 22.1 Å². The minimum atomic E-state index is -1.15. The molecule has 19 heavy (non-hydrogen) atoms. The molecule has 0 aliphatic heterocycles. The van der Waals surface area contributed by atoms with E-state index < -0.39 is 5.97 Å². The number of nitriles is 1. The molecule has 0 aliphatic carbocycles. The molecule has 2 rings (SSSR count). The zero-order valence-electron chi connectivity index (χ0n) is 9.46. The molecule has 2 aromatic rings. The highest BCUT2D eigenvalue weighted by molar-refractivity contribution is 6.33. The van der Waals surface area contributed by atoms with Crippen molar-refractivity contribution in [1.82, 2.24) is 10.2 Å². The predicted octanol–water partition coefficient (Wildman–Crippen LogP) is 2.44. The number of benzene rings is 1. The number of rotatable bonds is 3. The van der Waals surface area contributed by atoms with Crippen LogP contribution in [0.1, 0.15) is 16.1 Å². The van der Waals surface area contributed by atoms with Crippen LogP contribution >= 0.6 is 11.6 Å². The molecule has 1 heterocycles. The maximum Gasteiger partial charge on any atom is 0.356 e. The monoisotopic (exact) mass is 274 g/mol. The fraction of sp³-hybridized carbons (Fsp3) is 0. The Kier molecular flexibility index (Phi) is 3.59. The number of aromatic carboxylic acids is 1. The first kappa shape index (κ1) is 12.8. The number of carboxylic acids is 1. The summed E-state index contributed by atoms with van der Waals surface area (Å²) in [5, 5.41) is 28.0. The van der Waals surface area contributed by atoms with Crippen molar-refractivity contribution in [2.24, 2.45) is 0 Å². The minimum absolute atomic E-state index is 0.151. The summed E-state index contributed by atoms with van der Waals surface area (Å²) in [5.41, 5.74) is 0.794. The van der Waals surface area contributed by atoms with E-state index in [1.165, 1.54) is 12.1 Å². The van der Waals surface area contributed by atoms with Gasteiger partial charge in [-0.25, -0.2) is 4.79 Å². The standard InChI is InChI=1S/C12H7ClN4O2/c13-8-2-1-7(6-14)5-10(8)15-11-4-3-9(12(18)19)16-17-11/h1-5H,(H,15,17)(H,18,19). The summed E-state index contributed by atoms with van der Waals surface area (Å²) in [6, 6.07) is 9.51. The van der Waals surface area contributed by atoms with E-state index in [1.54, 1.807) is 18.2 Å². The molecule has 0 fully saturated rings. The van der Waals surface area contributed by atoms with Crippen molar-refractivity contribution < 1.29 is 9.90 Å². The topological polar surface area (TPSA) is 98.9 Å². The number of aromatic nitrogens is 2. The van der Waals surface area contributed by atoms with Crippen LogP contribution in [0, 0.1) is 11.3 Å². The Balaban J connectivity index is 2.26. The van der Waals surface area contributed by atoms with Crippen molar-refractivity contribution >= 4 is 29.1 Å². The average molecular weight is 275 g/mol. The van der Waals surface area contributed by atoms with Crippen LogP contribution in [-0.4, -0.2) is 21.3 Å². The maximum atomic E-state index is 10.6. The van der Waals surface area contributed by atoms with Gasteiger partial charge in [-0.05, 0) is 30.3 Å². The van der Waals surface area contributed by atoms with Gasteiger partial charge in [0.2, 0.25) is 0 Å². The molecule has 1 aromatic heterocycles. The second kappa shape index (κ2) is 5.33. The molecule has 0 spiro atoms. The Morgan fingerprint density at radius 2 is 2.11 bits per heavy atom. The summed E-state index contributed by atoms with van der Waals surface area (Å²) in [5.74, 6) is -0.814. The predicted molar refractivity (Wildman–Crippen MR) is 68.4 cm³/mol. The van der Waals surface area contributed by atoms with Gasteiger partial charge in [0.05, 0.1) is 22.3 Å². The van der Waals surface area contributed by atoms with Gasteiger partial charge in [-0.1, -0.05) is 11.6 Å². The number of hydrogen-bond donors (Lipinski definition) is 2. The highest BCUT2D eigenvalue weighted by atomic mass is 35.5. The number of carbonyl (C=O) groups is 1. The molecule has 0 radical (unpaired) electrons. The van der Waals surface area contributed by atoms with Crippen molar-refractivity contribution in [3.63, 3.8) is 0 Å². The van der Waals surface area contributed by atoms with Gasteiger partial charge in [-0.2, -0.15) is 5.26 Å². The van der Waals surface area contributed by atoms with Gasteiger partial charge < -0.3 is 10.4 Å². The molecule has 0 amide bonds. The average Bonchev–Trinajstić information content (AvgIpc) is 2.42. The minimum Gasteiger partial charge on any atom is -0.476 e. The summed E-state index contributed by atoms with van der Waals surface area (Å²) in [7, 11) is 0. The van der Waals surface area contributed by atoms with Gasteiger partial charge in [-0.3, -0.25) is 0 Å². The van der Waals surface area contributed by atoms with Crippen LogP contribution in [0.5, 0.6) is 0 Å². The first-order chi connectivity index (χ1) is 9.10. The van der Waals surface area contributed by atoms with E-state index >= 15 is 0 Å². The first-order valence-electron chi connectivity index (χ1n) is 5.14. The number of halogens is 1. The molecule has 2 N–H and O–H groups in total. The Bertz CT molecular complexity index is 664. The van der Waals surface area contributed by atoms with E-state index in [0.717, 1.165) is 0 Å². The van der Waals surface area contributed by atoms with E-state index in [2.05, 4.69) is 15.5 Å². The smallest absolute Gasteiger partial charge is 0.356 e. The molecule has 6 nitrogen and oxygen atoms in total. The van der Waals surface area contributed by atoms with Crippen molar-refractivity contribution in [1.29, 1.82) is 5.26 Å². The molecule has 1 aromatic carbocycles. The highest BCUT2D eigenvalue weighted by Crippen LogP contribution is 2.25. The number of carboxylic acid groups (broad SMARTS) is 1.